The molecular formula is C24H22O5. The normalized spacial score (nSPS) is 11.6. The molecule has 3 aromatic carbocycles. The Balaban J connectivity index is 1.67. The Labute approximate surface area is 169 Å². The van der Waals surface area contributed by atoms with Gasteiger partial charge in [-0.1, -0.05) is 18.2 Å². The van der Waals surface area contributed by atoms with Crippen molar-refractivity contribution in [2.45, 2.75) is 25.4 Å². The molecule has 0 aliphatic heterocycles. The van der Waals surface area contributed by atoms with Crippen molar-refractivity contribution in [2.24, 2.45) is 0 Å². The molecule has 1 unspecified atom stereocenters. The second-order valence-electron chi connectivity index (χ2n) is 6.69. The maximum Gasteiger partial charge on any atom is 0.203 e. The molecule has 0 bridgehead atoms. The Morgan fingerprint density at radius 3 is 1.90 bits per heavy atom. The number of para-hydroxylation sites is 1. The maximum atomic E-state index is 12.9. The molecule has 0 radical (unpaired) electrons. The van der Waals surface area contributed by atoms with Gasteiger partial charge in [-0.25, -0.2) is 0 Å². The Morgan fingerprint density at radius 2 is 1.31 bits per heavy atom. The minimum Gasteiger partial charge on any atom is -0.508 e. The van der Waals surface area contributed by atoms with Crippen molar-refractivity contribution in [3.8, 4) is 17.2 Å². The molecule has 0 amide bonds. The molecule has 0 fully saturated rings. The number of carbonyl (C=O) groups is 2. The van der Waals surface area contributed by atoms with Gasteiger partial charge in [0.2, 0.25) is 5.78 Å². The van der Waals surface area contributed by atoms with E-state index in [4.69, 9.17) is 4.74 Å². The van der Waals surface area contributed by atoms with Gasteiger partial charge in [0.15, 0.2) is 11.9 Å². The predicted octanol–water partition coefficient (Wildman–Crippen LogP) is 4.78. The van der Waals surface area contributed by atoms with Gasteiger partial charge in [-0.05, 0) is 73.5 Å². The van der Waals surface area contributed by atoms with Crippen molar-refractivity contribution >= 4 is 11.6 Å². The van der Waals surface area contributed by atoms with Gasteiger partial charge in [0.1, 0.15) is 17.2 Å². The number of aromatic hydroxyl groups is 2. The molecule has 0 aliphatic rings. The monoisotopic (exact) mass is 390 g/mol. The summed E-state index contributed by atoms with van der Waals surface area (Å²) < 4.78 is 5.91. The van der Waals surface area contributed by atoms with E-state index in [0.717, 1.165) is 0 Å². The SMILES string of the molecule is O=C(CCCC(Oc1ccccc1)C(=O)c1ccc(O)cc1)c1ccc(O)cc1. The highest BCUT2D eigenvalue weighted by Crippen LogP contribution is 2.20. The van der Waals surface area contributed by atoms with E-state index in [1.54, 1.807) is 36.4 Å². The van der Waals surface area contributed by atoms with Crippen LogP contribution < -0.4 is 4.74 Å². The molecule has 0 aromatic heterocycles. The highest BCUT2D eigenvalue weighted by atomic mass is 16.5. The Bertz CT molecular complexity index is 947. The zero-order chi connectivity index (χ0) is 20.6. The largest absolute Gasteiger partial charge is 0.508 e. The van der Waals surface area contributed by atoms with Crippen LogP contribution >= 0.6 is 0 Å². The van der Waals surface area contributed by atoms with E-state index in [1.165, 1.54) is 24.3 Å². The predicted molar refractivity (Wildman–Crippen MR) is 110 cm³/mol. The number of Topliss-reactive ketones (excluding diaryl/α,β-unsaturated/α-hetero) is 2. The van der Waals surface area contributed by atoms with Crippen LogP contribution in [-0.2, 0) is 0 Å². The zero-order valence-electron chi connectivity index (χ0n) is 15.8. The van der Waals surface area contributed by atoms with Gasteiger partial charge in [-0.15, -0.1) is 0 Å². The van der Waals surface area contributed by atoms with Crippen molar-refractivity contribution in [1.82, 2.24) is 0 Å². The van der Waals surface area contributed by atoms with Crippen LogP contribution in [0.1, 0.15) is 40.0 Å². The number of phenolic OH excluding ortho intramolecular Hbond substituents is 2. The summed E-state index contributed by atoms with van der Waals surface area (Å²) in [6, 6.07) is 21.2. The van der Waals surface area contributed by atoms with E-state index in [1.807, 2.05) is 18.2 Å². The van der Waals surface area contributed by atoms with Crippen LogP contribution in [0.3, 0.4) is 0 Å². The van der Waals surface area contributed by atoms with Gasteiger partial charge >= 0.3 is 0 Å². The first-order chi connectivity index (χ1) is 14.0. The smallest absolute Gasteiger partial charge is 0.203 e. The van der Waals surface area contributed by atoms with Crippen molar-refractivity contribution in [2.75, 3.05) is 0 Å². The van der Waals surface area contributed by atoms with E-state index in [2.05, 4.69) is 0 Å². The quantitative estimate of drug-likeness (QED) is 0.514. The molecule has 0 saturated heterocycles. The second-order valence-corrected chi connectivity index (χ2v) is 6.69. The van der Waals surface area contributed by atoms with E-state index in [9.17, 15) is 19.8 Å². The van der Waals surface area contributed by atoms with Crippen LogP contribution in [0.5, 0.6) is 17.2 Å². The van der Waals surface area contributed by atoms with Crippen LogP contribution in [0.15, 0.2) is 78.9 Å². The van der Waals surface area contributed by atoms with E-state index < -0.39 is 6.10 Å². The zero-order valence-corrected chi connectivity index (χ0v) is 15.8. The molecular weight excluding hydrogens is 368 g/mol. The summed E-state index contributed by atoms with van der Waals surface area (Å²) in [5, 5.41) is 18.8. The average molecular weight is 390 g/mol. The van der Waals surface area contributed by atoms with Crippen molar-refractivity contribution in [3.05, 3.63) is 90.0 Å². The molecule has 5 heteroatoms. The first kappa shape index (κ1) is 20.1. The molecule has 0 aliphatic carbocycles. The Kier molecular flexibility index (Phi) is 6.63. The summed E-state index contributed by atoms with van der Waals surface area (Å²) in [4.78, 5) is 25.3. The molecule has 2 N–H and O–H groups in total. The van der Waals surface area contributed by atoms with Crippen LogP contribution in [0.4, 0.5) is 0 Å². The molecule has 3 rings (SSSR count). The van der Waals surface area contributed by atoms with Gasteiger partial charge in [0.25, 0.3) is 0 Å². The highest BCUT2D eigenvalue weighted by Gasteiger charge is 2.22. The molecule has 5 nitrogen and oxygen atoms in total. The van der Waals surface area contributed by atoms with E-state index in [-0.39, 0.29) is 29.5 Å². The number of rotatable bonds is 9. The van der Waals surface area contributed by atoms with E-state index in [0.29, 0.717) is 29.7 Å². The van der Waals surface area contributed by atoms with E-state index >= 15 is 0 Å². The van der Waals surface area contributed by atoms with Gasteiger partial charge in [-0.3, -0.25) is 9.59 Å². The molecule has 3 aromatic rings. The van der Waals surface area contributed by atoms with Crippen molar-refractivity contribution in [3.63, 3.8) is 0 Å². The van der Waals surface area contributed by atoms with Gasteiger partial charge in [-0.2, -0.15) is 0 Å². The fourth-order valence-corrected chi connectivity index (χ4v) is 2.96. The lowest BCUT2D eigenvalue weighted by Crippen LogP contribution is -2.27. The summed E-state index contributed by atoms with van der Waals surface area (Å²) in [5.74, 6) is 0.514. The second kappa shape index (κ2) is 9.55. The number of carbonyl (C=O) groups excluding carboxylic acids is 2. The summed E-state index contributed by atoms with van der Waals surface area (Å²) in [6.07, 6.45) is 0.372. The topological polar surface area (TPSA) is 83.8 Å². The molecule has 0 spiro atoms. The number of ketones is 2. The molecule has 29 heavy (non-hydrogen) atoms. The van der Waals surface area contributed by atoms with Crippen LogP contribution in [0, 0.1) is 0 Å². The van der Waals surface area contributed by atoms with Crippen molar-refractivity contribution < 1.29 is 24.5 Å². The Morgan fingerprint density at radius 1 is 0.759 bits per heavy atom. The van der Waals surface area contributed by atoms with Crippen LogP contribution in [-0.4, -0.2) is 27.9 Å². The van der Waals surface area contributed by atoms with Crippen molar-refractivity contribution in [1.29, 1.82) is 0 Å². The molecule has 1 atom stereocenters. The third kappa shape index (κ3) is 5.69. The third-order valence-corrected chi connectivity index (χ3v) is 4.53. The standard InChI is InChI=1S/C24H22O5/c25-19-13-9-17(10-14-19)22(27)7-4-8-23(29-21-5-2-1-3-6-21)24(28)18-11-15-20(26)16-12-18/h1-3,5-6,9-16,23,25-26H,4,7-8H2. The minimum atomic E-state index is -0.741. The lowest BCUT2D eigenvalue weighted by Gasteiger charge is -2.18. The lowest BCUT2D eigenvalue weighted by molar-refractivity contribution is 0.0767. The number of phenols is 2. The number of hydrogen-bond donors (Lipinski definition) is 2. The summed E-state index contributed by atoms with van der Waals surface area (Å²) in [5.41, 5.74) is 0.960. The molecule has 0 heterocycles. The summed E-state index contributed by atoms with van der Waals surface area (Å²) in [7, 11) is 0. The highest BCUT2D eigenvalue weighted by molar-refractivity contribution is 6.00. The fraction of sp³-hybridized carbons (Fsp3) is 0.167. The number of hydrogen-bond acceptors (Lipinski definition) is 5. The van der Waals surface area contributed by atoms with Crippen LogP contribution in [0.25, 0.3) is 0 Å². The molecule has 148 valence electrons. The molecule has 0 saturated carbocycles. The Hall–Kier alpha value is -3.60. The third-order valence-electron chi connectivity index (χ3n) is 4.53. The maximum absolute atomic E-state index is 12.9. The van der Waals surface area contributed by atoms with Gasteiger partial charge < -0.3 is 14.9 Å². The lowest BCUT2D eigenvalue weighted by atomic mass is 9.99. The summed E-state index contributed by atoms with van der Waals surface area (Å²) >= 11 is 0. The first-order valence-corrected chi connectivity index (χ1v) is 9.40. The fourth-order valence-electron chi connectivity index (χ4n) is 2.96. The number of ether oxygens (including phenoxy) is 1. The summed E-state index contributed by atoms with van der Waals surface area (Å²) in [6.45, 7) is 0. The first-order valence-electron chi connectivity index (χ1n) is 9.40. The number of benzene rings is 3. The average Bonchev–Trinajstić information content (AvgIpc) is 2.74. The van der Waals surface area contributed by atoms with Crippen LogP contribution in [0.2, 0.25) is 0 Å². The minimum absolute atomic E-state index is 0.0551. The van der Waals surface area contributed by atoms with Gasteiger partial charge in [0.05, 0.1) is 0 Å². The van der Waals surface area contributed by atoms with Gasteiger partial charge in [0, 0.05) is 17.5 Å².